The highest BCUT2D eigenvalue weighted by Gasteiger charge is 2.29. The smallest absolute Gasteiger partial charge is 0.258 e. The fourth-order valence-corrected chi connectivity index (χ4v) is 1.78. The quantitative estimate of drug-likeness (QED) is 0.368. The van der Waals surface area contributed by atoms with E-state index in [9.17, 15) is 27.7 Å². The molecule has 6 nitrogen and oxygen atoms in total. The van der Waals surface area contributed by atoms with E-state index in [1.165, 1.54) is 6.92 Å². The highest BCUT2D eigenvalue weighted by molar-refractivity contribution is 5.45. The third kappa shape index (κ3) is 1.89. The molecule has 20 heavy (non-hydrogen) atoms. The Bertz CT molecular complexity index is 703. The second-order valence-corrected chi connectivity index (χ2v) is 3.86. The zero-order chi connectivity index (χ0) is 15.2. The van der Waals surface area contributed by atoms with Gasteiger partial charge in [-0.2, -0.15) is 27.6 Å². The van der Waals surface area contributed by atoms with Gasteiger partial charge in [-0.3, -0.25) is 10.1 Å². The van der Waals surface area contributed by atoms with Crippen LogP contribution in [0.3, 0.4) is 0 Å². The van der Waals surface area contributed by atoms with Crippen LogP contribution in [0, 0.1) is 47.5 Å². The summed E-state index contributed by atoms with van der Waals surface area (Å²) in [5.41, 5.74) is -2.11. The number of aryl methyl sites for hydroxylation is 1. The molecule has 0 unspecified atom stereocenters. The average molecular weight is 290 g/mol. The largest absolute Gasteiger partial charge is 0.313 e. The molecule has 2 rings (SSSR count). The lowest BCUT2D eigenvalue weighted by molar-refractivity contribution is -0.386. The van der Waals surface area contributed by atoms with Crippen LogP contribution in [0.25, 0.3) is 5.69 Å². The van der Waals surface area contributed by atoms with Gasteiger partial charge in [-0.1, -0.05) is 0 Å². The van der Waals surface area contributed by atoms with E-state index < -0.39 is 39.8 Å². The molecular formula is C10H6F4N4O2. The molecule has 0 saturated heterocycles. The predicted octanol–water partition coefficient (Wildman–Crippen LogP) is 2.35. The molecule has 0 bridgehead atoms. The van der Waals surface area contributed by atoms with Gasteiger partial charge >= 0.3 is 5.69 Å². The highest BCUT2D eigenvalue weighted by Crippen LogP contribution is 2.28. The Hall–Kier alpha value is -2.52. The van der Waals surface area contributed by atoms with Gasteiger partial charge in [0.2, 0.25) is 11.6 Å². The molecule has 0 atom stereocenters. The van der Waals surface area contributed by atoms with E-state index >= 15 is 0 Å². The summed E-state index contributed by atoms with van der Waals surface area (Å²) in [4.78, 5) is 12.4. The van der Waals surface area contributed by atoms with Crippen LogP contribution in [0.5, 0.6) is 0 Å². The maximum Gasteiger partial charge on any atom is 0.313 e. The molecule has 0 aliphatic carbocycles. The number of aromatic nitrogens is 3. The van der Waals surface area contributed by atoms with Crippen LogP contribution in [0.4, 0.5) is 23.2 Å². The van der Waals surface area contributed by atoms with Gasteiger partial charge in [0.05, 0.1) is 4.92 Å². The standard InChI is InChI=1S/C10H6F4N4O2/c1-3-7(18(19)20)4(2)17(16-3)8-5(11)9(13)15-10(14)6(8)12/h1-2H3. The average Bonchev–Trinajstić information content (AvgIpc) is 2.63. The van der Waals surface area contributed by atoms with Crippen LogP contribution in [0.1, 0.15) is 11.4 Å². The van der Waals surface area contributed by atoms with Crippen molar-refractivity contribution in [2.75, 3.05) is 0 Å². The Labute approximate surface area is 108 Å². The van der Waals surface area contributed by atoms with Crippen molar-refractivity contribution in [3.05, 3.63) is 45.0 Å². The summed E-state index contributed by atoms with van der Waals surface area (Å²) in [5, 5.41) is 14.3. The summed E-state index contributed by atoms with van der Waals surface area (Å²) in [7, 11) is 0. The van der Waals surface area contributed by atoms with Gasteiger partial charge in [0.1, 0.15) is 17.1 Å². The normalized spacial score (nSPS) is 10.9. The van der Waals surface area contributed by atoms with E-state index in [0.29, 0.717) is 4.68 Å². The van der Waals surface area contributed by atoms with Crippen molar-refractivity contribution in [3.63, 3.8) is 0 Å². The molecule has 0 fully saturated rings. The van der Waals surface area contributed by atoms with E-state index in [1.807, 2.05) is 0 Å². The van der Waals surface area contributed by atoms with Crippen LogP contribution >= 0.6 is 0 Å². The predicted molar refractivity (Wildman–Crippen MR) is 57.3 cm³/mol. The van der Waals surface area contributed by atoms with Gasteiger partial charge in [-0.05, 0) is 13.8 Å². The Morgan fingerprint density at radius 1 is 1.10 bits per heavy atom. The molecule has 0 radical (unpaired) electrons. The van der Waals surface area contributed by atoms with E-state index in [0.717, 1.165) is 6.92 Å². The zero-order valence-corrected chi connectivity index (χ0v) is 10.1. The van der Waals surface area contributed by atoms with Crippen molar-refractivity contribution in [1.29, 1.82) is 0 Å². The van der Waals surface area contributed by atoms with Crippen molar-refractivity contribution in [1.82, 2.24) is 14.8 Å². The molecule has 0 saturated carbocycles. The van der Waals surface area contributed by atoms with Crippen LogP contribution in [-0.2, 0) is 0 Å². The summed E-state index contributed by atoms with van der Waals surface area (Å²) < 4.78 is 53.7. The molecule has 2 aromatic rings. The monoisotopic (exact) mass is 290 g/mol. The van der Waals surface area contributed by atoms with E-state index in [4.69, 9.17) is 0 Å². The maximum absolute atomic E-state index is 13.6. The Morgan fingerprint density at radius 2 is 1.60 bits per heavy atom. The lowest BCUT2D eigenvalue weighted by Gasteiger charge is -2.07. The minimum atomic E-state index is -1.87. The first-order valence-electron chi connectivity index (χ1n) is 5.16. The lowest BCUT2D eigenvalue weighted by atomic mass is 10.3. The number of halogens is 4. The Balaban J connectivity index is 2.83. The Morgan fingerprint density at radius 3 is 2.00 bits per heavy atom. The molecule has 0 amide bonds. The molecule has 106 valence electrons. The van der Waals surface area contributed by atoms with Crippen LogP contribution in [0.15, 0.2) is 0 Å². The first-order chi connectivity index (χ1) is 9.25. The molecule has 0 spiro atoms. The van der Waals surface area contributed by atoms with Crippen LogP contribution in [-0.4, -0.2) is 19.7 Å². The highest BCUT2D eigenvalue weighted by atomic mass is 19.2. The zero-order valence-electron chi connectivity index (χ0n) is 10.1. The van der Waals surface area contributed by atoms with Crippen molar-refractivity contribution < 1.29 is 22.5 Å². The molecule has 0 aliphatic rings. The van der Waals surface area contributed by atoms with Gasteiger partial charge in [-0.25, -0.2) is 4.68 Å². The summed E-state index contributed by atoms with van der Waals surface area (Å²) in [6, 6.07) is 0. The van der Waals surface area contributed by atoms with E-state index in [1.54, 1.807) is 0 Å². The molecule has 0 N–H and O–H groups in total. The second kappa shape index (κ2) is 4.54. The first kappa shape index (κ1) is 13.9. The maximum atomic E-state index is 13.6. The SMILES string of the molecule is Cc1nn(-c2c(F)c(F)nc(F)c2F)c(C)c1[N+](=O)[O-]. The molecule has 0 aromatic carbocycles. The van der Waals surface area contributed by atoms with Gasteiger partial charge in [-0.15, -0.1) is 0 Å². The molecule has 2 heterocycles. The summed E-state index contributed by atoms with van der Waals surface area (Å²) in [6.45, 7) is 2.37. The third-order valence-electron chi connectivity index (χ3n) is 2.62. The summed E-state index contributed by atoms with van der Waals surface area (Å²) in [5.74, 6) is -7.31. The summed E-state index contributed by atoms with van der Waals surface area (Å²) in [6.07, 6.45) is 0. The topological polar surface area (TPSA) is 73.8 Å². The van der Waals surface area contributed by atoms with Crippen molar-refractivity contribution in [2.24, 2.45) is 0 Å². The number of hydrogen-bond acceptors (Lipinski definition) is 4. The fraction of sp³-hybridized carbons (Fsp3) is 0.200. The summed E-state index contributed by atoms with van der Waals surface area (Å²) >= 11 is 0. The van der Waals surface area contributed by atoms with Crippen LogP contribution < -0.4 is 0 Å². The number of rotatable bonds is 2. The Kier molecular flexibility index (Phi) is 3.16. The molecular weight excluding hydrogens is 284 g/mol. The van der Waals surface area contributed by atoms with Crippen LogP contribution in [0.2, 0.25) is 0 Å². The van der Waals surface area contributed by atoms with Gasteiger partial charge in [0, 0.05) is 0 Å². The second-order valence-electron chi connectivity index (χ2n) is 3.86. The molecule has 0 aliphatic heterocycles. The lowest BCUT2D eigenvalue weighted by Crippen LogP contribution is -2.11. The minimum Gasteiger partial charge on any atom is -0.258 e. The third-order valence-corrected chi connectivity index (χ3v) is 2.62. The number of hydrogen-bond donors (Lipinski definition) is 0. The number of nitro groups is 1. The van der Waals surface area contributed by atoms with Crippen molar-refractivity contribution in [3.8, 4) is 5.69 Å². The number of pyridine rings is 1. The van der Waals surface area contributed by atoms with Crippen molar-refractivity contribution in [2.45, 2.75) is 13.8 Å². The van der Waals surface area contributed by atoms with Gasteiger partial charge < -0.3 is 0 Å². The molecule has 2 aromatic heterocycles. The van der Waals surface area contributed by atoms with Gasteiger partial charge in [0.15, 0.2) is 0 Å². The van der Waals surface area contributed by atoms with E-state index in [-0.39, 0.29) is 11.4 Å². The number of nitrogens with zero attached hydrogens (tertiary/aromatic N) is 4. The van der Waals surface area contributed by atoms with Crippen molar-refractivity contribution >= 4 is 5.69 Å². The van der Waals surface area contributed by atoms with E-state index in [2.05, 4.69) is 10.1 Å². The fourth-order valence-electron chi connectivity index (χ4n) is 1.78. The molecule has 10 heteroatoms. The first-order valence-corrected chi connectivity index (χ1v) is 5.16. The van der Waals surface area contributed by atoms with Gasteiger partial charge in [0.25, 0.3) is 11.9 Å². The minimum absolute atomic E-state index is 0.149.